The second-order valence-electron chi connectivity index (χ2n) is 10.3. The van der Waals surface area contributed by atoms with Gasteiger partial charge in [0.2, 0.25) is 0 Å². The van der Waals surface area contributed by atoms with Crippen molar-refractivity contribution in [2.24, 2.45) is 11.1 Å². The highest BCUT2D eigenvalue weighted by Crippen LogP contribution is 2.50. The summed E-state index contributed by atoms with van der Waals surface area (Å²) in [5.41, 5.74) is 12.9. The number of anilines is 1. The van der Waals surface area contributed by atoms with E-state index in [1.54, 1.807) is 36.2 Å². The Kier molecular flexibility index (Phi) is 6.84. The summed E-state index contributed by atoms with van der Waals surface area (Å²) in [5.74, 6) is -1.40. The van der Waals surface area contributed by atoms with E-state index in [1.165, 1.54) is 0 Å². The number of pyridine rings is 1. The number of carbonyl (C=O) groups is 2. The molecule has 9 heteroatoms. The Morgan fingerprint density at radius 2 is 1.87 bits per heavy atom. The van der Waals surface area contributed by atoms with Gasteiger partial charge >= 0.3 is 5.97 Å². The SMILES string of the molecule is CCOC(=O)C1=C(N)N(Nc2ccc(Cl)cc2)C2=C(C(=O)CC(C)(C)C2)C1c1cc2ccccc2nc1Cl. The van der Waals surface area contributed by atoms with Gasteiger partial charge < -0.3 is 10.5 Å². The van der Waals surface area contributed by atoms with Crippen molar-refractivity contribution in [3.05, 3.63) is 93.0 Å². The van der Waals surface area contributed by atoms with Gasteiger partial charge in [-0.3, -0.25) is 10.2 Å². The van der Waals surface area contributed by atoms with Crippen LogP contribution in [-0.2, 0) is 14.3 Å². The minimum atomic E-state index is -0.833. The fourth-order valence-corrected chi connectivity index (χ4v) is 5.60. The standard InChI is InChI=1S/C29H28Cl2N4O3/c1-4-38-28(37)25-23(19-13-16-7-5-6-8-20(16)33-26(19)31)24-21(14-29(2,3)15-22(24)36)35(27(25)32)34-18-11-9-17(30)10-12-18/h5-13,23,34H,4,14-15,32H2,1-3H3. The number of carbonyl (C=O) groups excluding carboxylic acids is 2. The van der Waals surface area contributed by atoms with Crippen LogP contribution in [0.2, 0.25) is 10.2 Å². The zero-order valence-electron chi connectivity index (χ0n) is 21.3. The molecule has 1 aromatic heterocycles. The first kappa shape index (κ1) is 26.1. The number of ether oxygens (including phenoxy) is 1. The number of Topliss-reactive ketones (excluding diaryl/α,β-unsaturated/α-hetero) is 1. The van der Waals surface area contributed by atoms with Crippen molar-refractivity contribution in [1.29, 1.82) is 0 Å². The Hall–Kier alpha value is -3.55. The number of aromatic nitrogens is 1. The minimum Gasteiger partial charge on any atom is -0.463 e. The van der Waals surface area contributed by atoms with Gasteiger partial charge in [-0.1, -0.05) is 55.2 Å². The van der Waals surface area contributed by atoms with Crippen molar-refractivity contribution in [3.8, 4) is 0 Å². The summed E-state index contributed by atoms with van der Waals surface area (Å²) in [5, 5.41) is 3.24. The molecule has 1 unspecified atom stereocenters. The Morgan fingerprint density at radius 3 is 2.58 bits per heavy atom. The molecular formula is C29H28Cl2N4O3. The van der Waals surface area contributed by atoms with Gasteiger partial charge in [0.25, 0.3) is 0 Å². The summed E-state index contributed by atoms with van der Waals surface area (Å²) in [4.78, 5) is 31.9. The van der Waals surface area contributed by atoms with Crippen LogP contribution in [0.25, 0.3) is 10.9 Å². The Labute approximate surface area is 231 Å². The van der Waals surface area contributed by atoms with E-state index < -0.39 is 11.9 Å². The molecular weight excluding hydrogens is 523 g/mol. The zero-order chi connectivity index (χ0) is 27.2. The van der Waals surface area contributed by atoms with Gasteiger partial charge in [-0.2, -0.15) is 0 Å². The molecule has 0 spiro atoms. The number of hydrogen-bond acceptors (Lipinski definition) is 7. The zero-order valence-corrected chi connectivity index (χ0v) is 22.9. The summed E-state index contributed by atoms with van der Waals surface area (Å²) in [6.07, 6.45) is 0.854. The number of halogens is 2. The van der Waals surface area contributed by atoms with Gasteiger partial charge in [0.15, 0.2) is 5.78 Å². The number of hydrogen-bond donors (Lipinski definition) is 2. The first-order chi connectivity index (χ1) is 18.1. The van der Waals surface area contributed by atoms with Gasteiger partial charge in [-0.25, -0.2) is 14.8 Å². The highest BCUT2D eigenvalue weighted by molar-refractivity contribution is 6.31. The lowest BCUT2D eigenvalue weighted by Gasteiger charge is -2.44. The molecule has 0 saturated carbocycles. The average molecular weight is 551 g/mol. The number of fused-ring (bicyclic) bond motifs is 1. The van der Waals surface area contributed by atoms with E-state index >= 15 is 0 Å². The Balaban J connectivity index is 1.76. The fourth-order valence-electron chi connectivity index (χ4n) is 5.22. The van der Waals surface area contributed by atoms with E-state index in [4.69, 9.17) is 33.7 Å². The number of para-hydroxylation sites is 1. The van der Waals surface area contributed by atoms with Crippen LogP contribution < -0.4 is 11.2 Å². The third-order valence-corrected chi connectivity index (χ3v) is 7.41. The summed E-state index contributed by atoms with van der Waals surface area (Å²) in [7, 11) is 0. The van der Waals surface area contributed by atoms with Crippen molar-refractivity contribution < 1.29 is 14.3 Å². The van der Waals surface area contributed by atoms with Crippen molar-refractivity contribution in [1.82, 2.24) is 9.99 Å². The lowest BCUT2D eigenvalue weighted by atomic mass is 9.69. The highest BCUT2D eigenvalue weighted by Gasteiger charge is 2.47. The topological polar surface area (TPSA) is 97.5 Å². The molecule has 196 valence electrons. The number of benzene rings is 2. The molecule has 0 fully saturated rings. The van der Waals surface area contributed by atoms with Crippen molar-refractivity contribution in [2.75, 3.05) is 12.0 Å². The van der Waals surface area contributed by atoms with E-state index in [1.807, 2.05) is 44.2 Å². The lowest BCUT2D eigenvalue weighted by Crippen LogP contribution is -2.45. The average Bonchev–Trinajstić information content (AvgIpc) is 2.85. The van der Waals surface area contributed by atoms with Crippen molar-refractivity contribution >= 4 is 51.5 Å². The largest absolute Gasteiger partial charge is 0.463 e. The van der Waals surface area contributed by atoms with E-state index in [0.29, 0.717) is 45.9 Å². The molecule has 0 radical (unpaired) electrons. The fraction of sp³-hybridized carbons (Fsp3) is 0.276. The normalized spacial score (nSPS) is 19.0. The number of allylic oxidation sites excluding steroid dienone is 2. The van der Waals surface area contributed by atoms with Gasteiger partial charge in [0.1, 0.15) is 11.0 Å². The number of nitrogens with one attached hydrogen (secondary N) is 1. The van der Waals surface area contributed by atoms with Crippen molar-refractivity contribution in [3.63, 3.8) is 0 Å². The second kappa shape index (κ2) is 9.97. The molecule has 38 heavy (non-hydrogen) atoms. The van der Waals surface area contributed by atoms with E-state index in [0.717, 1.165) is 5.39 Å². The molecule has 1 aliphatic carbocycles. The molecule has 7 nitrogen and oxygen atoms in total. The first-order valence-corrected chi connectivity index (χ1v) is 13.2. The lowest BCUT2D eigenvalue weighted by molar-refractivity contribution is -0.139. The molecule has 3 N–H and O–H groups in total. The number of nitrogens with two attached hydrogens (primary N) is 1. The predicted molar refractivity (Wildman–Crippen MR) is 149 cm³/mol. The number of hydrazine groups is 1. The van der Waals surface area contributed by atoms with Crippen LogP contribution in [0.5, 0.6) is 0 Å². The molecule has 2 heterocycles. The Morgan fingerprint density at radius 1 is 1.16 bits per heavy atom. The minimum absolute atomic E-state index is 0.0809. The summed E-state index contributed by atoms with van der Waals surface area (Å²) in [6.45, 7) is 5.94. The molecule has 1 atom stereocenters. The second-order valence-corrected chi connectivity index (χ2v) is 11.1. The molecule has 5 rings (SSSR count). The molecule has 2 aliphatic rings. The van der Waals surface area contributed by atoms with Crippen LogP contribution in [0.4, 0.5) is 5.69 Å². The molecule has 0 amide bonds. The number of ketones is 1. The molecule has 2 aromatic carbocycles. The van der Waals surface area contributed by atoms with E-state index in [-0.39, 0.29) is 34.4 Å². The summed E-state index contributed by atoms with van der Waals surface area (Å²) >= 11 is 12.8. The number of esters is 1. The first-order valence-electron chi connectivity index (χ1n) is 12.4. The predicted octanol–water partition coefficient (Wildman–Crippen LogP) is 6.34. The van der Waals surface area contributed by atoms with Crippen LogP contribution in [0.1, 0.15) is 45.1 Å². The summed E-state index contributed by atoms with van der Waals surface area (Å²) < 4.78 is 5.45. The smallest absolute Gasteiger partial charge is 0.338 e. The third-order valence-electron chi connectivity index (χ3n) is 6.86. The van der Waals surface area contributed by atoms with Crippen LogP contribution in [0.3, 0.4) is 0 Å². The van der Waals surface area contributed by atoms with E-state index in [9.17, 15) is 9.59 Å². The van der Waals surface area contributed by atoms with Crippen LogP contribution >= 0.6 is 23.2 Å². The maximum absolute atomic E-state index is 13.9. The molecule has 3 aromatic rings. The third kappa shape index (κ3) is 4.72. The number of rotatable bonds is 5. The van der Waals surface area contributed by atoms with Crippen LogP contribution in [0.15, 0.2) is 77.3 Å². The molecule has 0 bridgehead atoms. The van der Waals surface area contributed by atoms with Gasteiger partial charge in [-0.15, -0.1) is 0 Å². The molecule has 1 aliphatic heterocycles. The van der Waals surface area contributed by atoms with Gasteiger partial charge in [0, 0.05) is 28.0 Å². The van der Waals surface area contributed by atoms with Gasteiger partial charge in [-0.05, 0) is 55.2 Å². The van der Waals surface area contributed by atoms with Crippen LogP contribution in [0, 0.1) is 5.41 Å². The van der Waals surface area contributed by atoms with Crippen LogP contribution in [-0.4, -0.2) is 28.4 Å². The quantitative estimate of drug-likeness (QED) is 0.282. The maximum atomic E-state index is 13.9. The molecule has 0 saturated heterocycles. The highest BCUT2D eigenvalue weighted by atomic mass is 35.5. The summed E-state index contributed by atoms with van der Waals surface area (Å²) in [6, 6.07) is 16.5. The van der Waals surface area contributed by atoms with E-state index in [2.05, 4.69) is 10.4 Å². The monoisotopic (exact) mass is 550 g/mol. The van der Waals surface area contributed by atoms with Crippen molar-refractivity contribution in [2.45, 2.75) is 39.5 Å². The van der Waals surface area contributed by atoms with Gasteiger partial charge in [0.05, 0.1) is 35.0 Å². The Bertz CT molecular complexity index is 1510. The number of nitrogens with zero attached hydrogens (tertiary/aromatic N) is 2. The maximum Gasteiger partial charge on any atom is 0.338 e.